The lowest BCUT2D eigenvalue weighted by atomic mass is 10.1. The van der Waals surface area contributed by atoms with Crippen molar-refractivity contribution < 1.29 is 4.74 Å². The standard InChI is InChI=1S/C14H17ClN2O/c1-18-10-13(8-15)17-9-11-4-5-14-12(7-11)3-2-6-16-14/h2-7,13,17H,8-10H2,1H3. The summed E-state index contributed by atoms with van der Waals surface area (Å²) in [5, 5.41) is 4.53. The molecule has 1 atom stereocenters. The summed E-state index contributed by atoms with van der Waals surface area (Å²) < 4.78 is 5.10. The van der Waals surface area contributed by atoms with Crippen LogP contribution in [0.25, 0.3) is 10.9 Å². The third kappa shape index (κ3) is 3.42. The molecule has 0 bridgehead atoms. The second kappa shape index (κ2) is 6.69. The summed E-state index contributed by atoms with van der Waals surface area (Å²) in [6.45, 7) is 1.41. The number of pyridine rings is 1. The number of benzene rings is 1. The van der Waals surface area contributed by atoms with Crippen molar-refractivity contribution in [2.45, 2.75) is 12.6 Å². The summed E-state index contributed by atoms with van der Waals surface area (Å²) in [6, 6.07) is 10.5. The van der Waals surface area contributed by atoms with Gasteiger partial charge in [-0.1, -0.05) is 12.1 Å². The fourth-order valence-corrected chi connectivity index (χ4v) is 2.05. The second-order valence-electron chi connectivity index (χ2n) is 4.22. The molecule has 0 radical (unpaired) electrons. The zero-order valence-electron chi connectivity index (χ0n) is 10.4. The molecule has 0 fully saturated rings. The van der Waals surface area contributed by atoms with Crippen LogP contribution >= 0.6 is 11.6 Å². The number of nitrogens with one attached hydrogen (secondary N) is 1. The van der Waals surface area contributed by atoms with Gasteiger partial charge in [-0.15, -0.1) is 11.6 Å². The topological polar surface area (TPSA) is 34.1 Å². The van der Waals surface area contributed by atoms with E-state index in [2.05, 4.69) is 28.5 Å². The van der Waals surface area contributed by atoms with E-state index in [0.29, 0.717) is 12.5 Å². The Morgan fingerprint density at radius 3 is 3.06 bits per heavy atom. The summed E-state index contributed by atoms with van der Waals surface area (Å²) in [4.78, 5) is 4.30. The van der Waals surface area contributed by atoms with Crippen LogP contribution in [0.3, 0.4) is 0 Å². The monoisotopic (exact) mass is 264 g/mol. The molecule has 1 aromatic carbocycles. The molecular weight excluding hydrogens is 248 g/mol. The third-order valence-corrected chi connectivity index (χ3v) is 3.19. The van der Waals surface area contributed by atoms with Crippen LogP contribution in [-0.4, -0.2) is 30.6 Å². The van der Waals surface area contributed by atoms with E-state index in [1.54, 1.807) is 7.11 Å². The number of nitrogens with zero attached hydrogens (tertiary/aromatic N) is 1. The number of rotatable bonds is 6. The van der Waals surface area contributed by atoms with Gasteiger partial charge in [0.1, 0.15) is 0 Å². The normalized spacial score (nSPS) is 12.8. The Hall–Kier alpha value is -1.16. The van der Waals surface area contributed by atoms with Gasteiger partial charge in [-0.3, -0.25) is 4.98 Å². The zero-order chi connectivity index (χ0) is 12.8. The van der Waals surface area contributed by atoms with Crippen LogP contribution < -0.4 is 5.32 Å². The highest BCUT2D eigenvalue weighted by molar-refractivity contribution is 6.18. The maximum atomic E-state index is 5.86. The average Bonchev–Trinajstić information content (AvgIpc) is 2.43. The Labute approximate surface area is 112 Å². The largest absolute Gasteiger partial charge is 0.383 e. The highest BCUT2D eigenvalue weighted by Gasteiger charge is 2.06. The van der Waals surface area contributed by atoms with Crippen LogP contribution in [0.5, 0.6) is 0 Å². The van der Waals surface area contributed by atoms with E-state index in [1.807, 2.05) is 18.3 Å². The van der Waals surface area contributed by atoms with E-state index in [4.69, 9.17) is 16.3 Å². The Kier molecular flexibility index (Phi) is 4.93. The molecule has 1 N–H and O–H groups in total. The zero-order valence-corrected chi connectivity index (χ0v) is 11.2. The quantitative estimate of drug-likeness (QED) is 0.815. The van der Waals surface area contributed by atoms with Crippen molar-refractivity contribution in [3.05, 3.63) is 42.1 Å². The van der Waals surface area contributed by atoms with Gasteiger partial charge in [-0.05, 0) is 23.8 Å². The van der Waals surface area contributed by atoms with Gasteiger partial charge < -0.3 is 10.1 Å². The predicted octanol–water partition coefficient (Wildman–Crippen LogP) is 2.58. The van der Waals surface area contributed by atoms with Crippen molar-refractivity contribution in [1.29, 1.82) is 0 Å². The number of hydrogen-bond acceptors (Lipinski definition) is 3. The SMILES string of the molecule is COCC(CCl)NCc1ccc2ncccc2c1. The van der Waals surface area contributed by atoms with Crippen molar-refractivity contribution >= 4 is 22.5 Å². The summed E-state index contributed by atoms with van der Waals surface area (Å²) in [5.74, 6) is 0.545. The van der Waals surface area contributed by atoms with Crippen molar-refractivity contribution in [3.63, 3.8) is 0 Å². The minimum absolute atomic E-state index is 0.182. The van der Waals surface area contributed by atoms with E-state index in [0.717, 1.165) is 17.4 Å². The predicted molar refractivity (Wildman–Crippen MR) is 75.0 cm³/mol. The molecule has 18 heavy (non-hydrogen) atoms. The molecule has 4 heteroatoms. The molecule has 96 valence electrons. The number of ether oxygens (including phenoxy) is 1. The fraction of sp³-hybridized carbons (Fsp3) is 0.357. The Bertz CT molecular complexity index is 504. The fourth-order valence-electron chi connectivity index (χ4n) is 1.86. The van der Waals surface area contributed by atoms with Crippen LogP contribution in [0.15, 0.2) is 36.5 Å². The van der Waals surface area contributed by atoms with Crippen LogP contribution in [0, 0.1) is 0 Å². The highest BCUT2D eigenvalue weighted by Crippen LogP contribution is 2.13. The molecule has 0 amide bonds. The maximum absolute atomic E-state index is 5.86. The first-order chi connectivity index (χ1) is 8.83. The van der Waals surface area contributed by atoms with Crippen molar-refractivity contribution in [2.24, 2.45) is 0 Å². The van der Waals surface area contributed by atoms with Gasteiger partial charge in [0.05, 0.1) is 12.1 Å². The van der Waals surface area contributed by atoms with E-state index >= 15 is 0 Å². The van der Waals surface area contributed by atoms with Gasteiger partial charge in [0.2, 0.25) is 0 Å². The molecule has 0 aliphatic heterocycles. The van der Waals surface area contributed by atoms with Gasteiger partial charge in [0, 0.05) is 37.2 Å². The first kappa shape index (κ1) is 13.3. The molecule has 1 heterocycles. The molecule has 1 unspecified atom stereocenters. The number of halogens is 1. The molecule has 0 aliphatic rings. The van der Waals surface area contributed by atoms with Gasteiger partial charge in [0.25, 0.3) is 0 Å². The van der Waals surface area contributed by atoms with Crippen molar-refractivity contribution in [1.82, 2.24) is 10.3 Å². The van der Waals surface area contributed by atoms with Gasteiger partial charge in [-0.2, -0.15) is 0 Å². The lowest BCUT2D eigenvalue weighted by Gasteiger charge is -2.15. The van der Waals surface area contributed by atoms with Gasteiger partial charge >= 0.3 is 0 Å². The third-order valence-electron chi connectivity index (χ3n) is 2.82. The van der Waals surface area contributed by atoms with Crippen molar-refractivity contribution in [2.75, 3.05) is 19.6 Å². The molecule has 1 aromatic heterocycles. The maximum Gasteiger partial charge on any atom is 0.0702 e. The molecular formula is C14H17ClN2O. The molecule has 0 spiro atoms. The minimum atomic E-state index is 0.182. The summed E-state index contributed by atoms with van der Waals surface area (Å²) >= 11 is 5.86. The molecule has 2 aromatic rings. The highest BCUT2D eigenvalue weighted by atomic mass is 35.5. The van der Waals surface area contributed by atoms with Gasteiger partial charge in [0.15, 0.2) is 0 Å². The second-order valence-corrected chi connectivity index (χ2v) is 4.53. The number of methoxy groups -OCH3 is 1. The molecule has 0 aliphatic carbocycles. The smallest absolute Gasteiger partial charge is 0.0702 e. The first-order valence-electron chi connectivity index (χ1n) is 5.95. The molecule has 0 saturated heterocycles. The van der Waals surface area contributed by atoms with E-state index in [1.165, 1.54) is 5.56 Å². The van der Waals surface area contributed by atoms with E-state index in [-0.39, 0.29) is 6.04 Å². The number of aromatic nitrogens is 1. The van der Waals surface area contributed by atoms with Crippen LogP contribution in [0.2, 0.25) is 0 Å². The summed E-state index contributed by atoms with van der Waals surface area (Å²) in [6.07, 6.45) is 1.81. The van der Waals surface area contributed by atoms with E-state index < -0.39 is 0 Å². The van der Waals surface area contributed by atoms with Crippen LogP contribution in [0.1, 0.15) is 5.56 Å². The Morgan fingerprint density at radius 1 is 1.39 bits per heavy atom. The first-order valence-corrected chi connectivity index (χ1v) is 6.49. The minimum Gasteiger partial charge on any atom is -0.383 e. The lowest BCUT2D eigenvalue weighted by molar-refractivity contribution is 0.173. The molecule has 3 nitrogen and oxygen atoms in total. The number of fused-ring (bicyclic) bond motifs is 1. The molecule has 2 rings (SSSR count). The Balaban J connectivity index is 2.03. The average molecular weight is 265 g/mol. The Morgan fingerprint density at radius 2 is 2.28 bits per heavy atom. The number of alkyl halides is 1. The lowest BCUT2D eigenvalue weighted by Crippen LogP contribution is -2.34. The van der Waals surface area contributed by atoms with Crippen molar-refractivity contribution in [3.8, 4) is 0 Å². The van der Waals surface area contributed by atoms with Crippen LogP contribution in [0.4, 0.5) is 0 Å². The van der Waals surface area contributed by atoms with E-state index in [9.17, 15) is 0 Å². The summed E-state index contributed by atoms with van der Waals surface area (Å²) in [7, 11) is 1.68. The van der Waals surface area contributed by atoms with Gasteiger partial charge in [-0.25, -0.2) is 0 Å². The van der Waals surface area contributed by atoms with Crippen LogP contribution in [-0.2, 0) is 11.3 Å². The molecule has 0 saturated carbocycles. The summed E-state index contributed by atoms with van der Waals surface area (Å²) in [5.41, 5.74) is 2.24. The number of hydrogen-bond donors (Lipinski definition) is 1.